The number of azo groups is 1. The number of phenolic OH excluding ortho intramolecular Hbond substituents is 1. The van der Waals surface area contributed by atoms with Crippen LogP contribution in [0.5, 0.6) is 5.75 Å². The number of benzene rings is 4. The van der Waals surface area contributed by atoms with Crippen molar-refractivity contribution < 1.29 is 14.7 Å². The number of nitrogens with one attached hydrogen (secondary N) is 2. The largest absolute Gasteiger partial charge is 0.505 e. The standard InChI is InChI=1S/C27H21N5O3/c1-16-11-12-18(26(34)29-2)14-23(16)31-32-24-20-9-5-3-7-17(20)13-21(25(24)33)27(35)30-22-10-6-4-8-19(22)15-28/h3-14,33H,1-2H3,(H,29,34)(H,30,35)/b32-31+. The molecule has 0 atom stereocenters. The second-order valence-electron chi connectivity index (χ2n) is 7.73. The van der Waals surface area contributed by atoms with E-state index in [0.29, 0.717) is 33.3 Å². The number of rotatable bonds is 5. The van der Waals surface area contributed by atoms with Crippen LogP contribution in [0.4, 0.5) is 17.1 Å². The quantitative estimate of drug-likeness (QED) is 0.326. The Bertz CT molecular complexity index is 1540. The van der Waals surface area contributed by atoms with Gasteiger partial charge in [-0.25, -0.2) is 0 Å². The van der Waals surface area contributed by atoms with Crippen molar-refractivity contribution in [2.75, 3.05) is 12.4 Å². The minimum Gasteiger partial charge on any atom is -0.505 e. The van der Waals surface area contributed by atoms with Gasteiger partial charge < -0.3 is 15.7 Å². The number of carbonyl (C=O) groups excluding carboxylic acids is 2. The molecule has 0 saturated carbocycles. The van der Waals surface area contributed by atoms with Crippen LogP contribution < -0.4 is 10.6 Å². The molecule has 3 N–H and O–H groups in total. The Labute approximate surface area is 201 Å². The van der Waals surface area contributed by atoms with Gasteiger partial charge in [0.05, 0.1) is 22.5 Å². The SMILES string of the molecule is CNC(=O)c1ccc(C)c(/N=N/c2c(O)c(C(=O)Nc3ccccc3C#N)cc3ccccc23)c1. The molecule has 0 heterocycles. The molecule has 0 radical (unpaired) electrons. The second-order valence-corrected chi connectivity index (χ2v) is 7.73. The van der Waals surface area contributed by atoms with Gasteiger partial charge in [-0.1, -0.05) is 42.5 Å². The maximum atomic E-state index is 13.1. The number of hydrogen-bond donors (Lipinski definition) is 3. The van der Waals surface area contributed by atoms with E-state index in [1.165, 1.54) is 0 Å². The van der Waals surface area contributed by atoms with E-state index in [1.807, 2.05) is 19.1 Å². The van der Waals surface area contributed by atoms with E-state index in [9.17, 15) is 20.0 Å². The van der Waals surface area contributed by atoms with E-state index in [2.05, 4.69) is 20.9 Å². The first-order chi connectivity index (χ1) is 16.9. The van der Waals surface area contributed by atoms with Crippen LogP contribution in [-0.2, 0) is 0 Å². The van der Waals surface area contributed by atoms with Gasteiger partial charge in [0.15, 0.2) is 5.75 Å². The first kappa shape index (κ1) is 23.1. The van der Waals surface area contributed by atoms with Crippen LogP contribution in [0.25, 0.3) is 10.8 Å². The average Bonchev–Trinajstić information content (AvgIpc) is 2.88. The first-order valence-electron chi connectivity index (χ1n) is 10.7. The summed E-state index contributed by atoms with van der Waals surface area (Å²) in [6.45, 7) is 1.83. The topological polar surface area (TPSA) is 127 Å². The van der Waals surface area contributed by atoms with Crippen molar-refractivity contribution in [3.05, 3.63) is 95.1 Å². The van der Waals surface area contributed by atoms with Gasteiger partial charge in [-0.15, -0.1) is 5.11 Å². The lowest BCUT2D eigenvalue weighted by Crippen LogP contribution is -2.17. The number of fused-ring (bicyclic) bond motifs is 1. The molecule has 4 aromatic carbocycles. The van der Waals surface area contributed by atoms with Gasteiger partial charge in [-0.2, -0.15) is 10.4 Å². The highest BCUT2D eigenvalue weighted by Gasteiger charge is 2.19. The molecular formula is C27H21N5O3. The molecule has 4 rings (SSSR count). The molecule has 0 unspecified atom stereocenters. The highest BCUT2D eigenvalue weighted by Crippen LogP contribution is 2.40. The van der Waals surface area contributed by atoms with Crippen molar-refractivity contribution in [1.82, 2.24) is 5.32 Å². The predicted molar refractivity (Wildman–Crippen MR) is 133 cm³/mol. The highest BCUT2D eigenvalue weighted by molar-refractivity contribution is 6.12. The number of hydrogen-bond acceptors (Lipinski definition) is 6. The molecule has 172 valence electrons. The summed E-state index contributed by atoms with van der Waals surface area (Å²) in [6.07, 6.45) is 0. The number of aryl methyl sites for hydroxylation is 1. The minimum atomic E-state index is -0.592. The molecule has 0 aliphatic carbocycles. The maximum absolute atomic E-state index is 13.1. The van der Waals surface area contributed by atoms with E-state index in [-0.39, 0.29) is 22.9 Å². The van der Waals surface area contributed by atoms with Crippen LogP contribution in [0.15, 0.2) is 83.0 Å². The van der Waals surface area contributed by atoms with Gasteiger partial charge in [0, 0.05) is 18.0 Å². The molecule has 0 aliphatic heterocycles. The zero-order valence-electron chi connectivity index (χ0n) is 19.0. The van der Waals surface area contributed by atoms with Gasteiger partial charge in [0.1, 0.15) is 11.8 Å². The molecule has 4 aromatic rings. The Kier molecular flexibility index (Phi) is 6.51. The van der Waals surface area contributed by atoms with Crippen LogP contribution in [0.3, 0.4) is 0 Å². The fraction of sp³-hybridized carbons (Fsp3) is 0.0741. The molecule has 2 amide bonds. The third-order valence-corrected chi connectivity index (χ3v) is 5.49. The predicted octanol–water partition coefficient (Wildman–Crippen LogP) is 5.75. The van der Waals surface area contributed by atoms with E-state index >= 15 is 0 Å². The number of nitrogens with zero attached hydrogens (tertiary/aromatic N) is 3. The number of aromatic hydroxyl groups is 1. The summed E-state index contributed by atoms with van der Waals surface area (Å²) in [6, 6.07) is 22.4. The molecular weight excluding hydrogens is 442 g/mol. The van der Waals surface area contributed by atoms with Crippen LogP contribution in [-0.4, -0.2) is 24.0 Å². The summed E-state index contributed by atoms with van der Waals surface area (Å²) in [5, 5.41) is 35.5. The van der Waals surface area contributed by atoms with E-state index in [0.717, 1.165) is 5.56 Å². The van der Waals surface area contributed by atoms with Gasteiger partial charge in [-0.3, -0.25) is 9.59 Å². The zero-order valence-corrected chi connectivity index (χ0v) is 19.0. The molecule has 0 saturated heterocycles. The Morgan fingerprint density at radius 1 is 0.943 bits per heavy atom. The number of nitriles is 1. The summed E-state index contributed by atoms with van der Waals surface area (Å²) < 4.78 is 0. The highest BCUT2D eigenvalue weighted by atomic mass is 16.3. The summed E-state index contributed by atoms with van der Waals surface area (Å²) in [4.78, 5) is 25.1. The van der Waals surface area contributed by atoms with Crippen molar-refractivity contribution in [2.24, 2.45) is 10.2 Å². The summed E-state index contributed by atoms with van der Waals surface area (Å²) >= 11 is 0. The Morgan fingerprint density at radius 2 is 1.69 bits per heavy atom. The van der Waals surface area contributed by atoms with Crippen molar-refractivity contribution in [3.63, 3.8) is 0 Å². The fourth-order valence-electron chi connectivity index (χ4n) is 3.58. The van der Waals surface area contributed by atoms with Gasteiger partial charge >= 0.3 is 0 Å². The molecule has 8 heteroatoms. The summed E-state index contributed by atoms with van der Waals surface area (Å²) in [5.74, 6) is -1.20. The lowest BCUT2D eigenvalue weighted by molar-refractivity contribution is 0.0962. The van der Waals surface area contributed by atoms with E-state index < -0.39 is 5.91 Å². The van der Waals surface area contributed by atoms with Crippen molar-refractivity contribution >= 4 is 39.6 Å². The summed E-state index contributed by atoms with van der Waals surface area (Å²) in [7, 11) is 1.54. The van der Waals surface area contributed by atoms with Gasteiger partial charge in [-0.05, 0) is 48.2 Å². The number of amides is 2. The maximum Gasteiger partial charge on any atom is 0.259 e. The molecule has 0 bridgehead atoms. The molecule has 0 aliphatic rings. The lowest BCUT2D eigenvalue weighted by atomic mass is 10.0. The molecule has 0 aromatic heterocycles. The minimum absolute atomic E-state index is 0.0128. The Morgan fingerprint density at radius 3 is 2.46 bits per heavy atom. The molecule has 0 spiro atoms. The van der Waals surface area contributed by atoms with Crippen LogP contribution in [0, 0.1) is 18.3 Å². The second kappa shape index (κ2) is 9.85. The van der Waals surface area contributed by atoms with Crippen molar-refractivity contribution in [1.29, 1.82) is 5.26 Å². The summed E-state index contributed by atoms with van der Waals surface area (Å²) in [5.41, 5.74) is 2.39. The van der Waals surface area contributed by atoms with Gasteiger partial charge in [0.25, 0.3) is 11.8 Å². The van der Waals surface area contributed by atoms with E-state index in [4.69, 9.17) is 0 Å². The van der Waals surface area contributed by atoms with E-state index in [1.54, 1.807) is 73.8 Å². The smallest absolute Gasteiger partial charge is 0.259 e. The lowest BCUT2D eigenvalue weighted by Gasteiger charge is -2.12. The average molecular weight is 463 g/mol. The van der Waals surface area contributed by atoms with Crippen LogP contribution in [0.1, 0.15) is 31.8 Å². The van der Waals surface area contributed by atoms with Gasteiger partial charge in [0.2, 0.25) is 0 Å². The monoisotopic (exact) mass is 463 g/mol. The van der Waals surface area contributed by atoms with Crippen LogP contribution >= 0.6 is 0 Å². The number of anilines is 1. The number of carbonyl (C=O) groups is 2. The molecule has 35 heavy (non-hydrogen) atoms. The van der Waals surface area contributed by atoms with Crippen molar-refractivity contribution in [3.8, 4) is 11.8 Å². The third-order valence-electron chi connectivity index (χ3n) is 5.49. The third kappa shape index (κ3) is 4.70. The molecule has 0 fully saturated rings. The fourth-order valence-corrected chi connectivity index (χ4v) is 3.58. The number of para-hydroxylation sites is 1. The zero-order chi connectivity index (χ0) is 24.9. The van der Waals surface area contributed by atoms with Crippen molar-refractivity contribution in [2.45, 2.75) is 6.92 Å². The van der Waals surface area contributed by atoms with Crippen LogP contribution in [0.2, 0.25) is 0 Å². The normalized spacial score (nSPS) is 10.8. The Hall–Kier alpha value is -5.03. The first-order valence-corrected chi connectivity index (χ1v) is 10.7. The number of phenols is 1. The Balaban J connectivity index is 1.79. The molecule has 8 nitrogen and oxygen atoms in total.